The number of benzene rings is 3. The Hall–Kier alpha value is -3.78. The van der Waals surface area contributed by atoms with Crippen LogP contribution in [0, 0.1) is 5.92 Å². The predicted molar refractivity (Wildman–Crippen MR) is 134 cm³/mol. The lowest BCUT2D eigenvalue weighted by molar-refractivity contribution is -0.128. The van der Waals surface area contributed by atoms with E-state index in [9.17, 15) is 19.2 Å². The summed E-state index contributed by atoms with van der Waals surface area (Å²) in [6.45, 7) is 0.467. The van der Waals surface area contributed by atoms with Gasteiger partial charge in [0.05, 0.1) is 11.5 Å². The van der Waals surface area contributed by atoms with Gasteiger partial charge in [-0.25, -0.2) is 4.79 Å². The van der Waals surface area contributed by atoms with Crippen molar-refractivity contribution >= 4 is 45.2 Å². The number of Topliss-reactive ketones (excluding diaryl/α,β-unsaturated/α-hetero) is 1. The first kappa shape index (κ1) is 24.3. The number of likely N-dealkylation sites (tertiary alicyclic amines) is 1. The second kappa shape index (κ2) is 11.1. The summed E-state index contributed by atoms with van der Waals surface area (Å²) >= 11 is 3.30. The summed E-state index contributed by atoms with van der Waals surface area (Å²) < 4.78 is 5.97. The van der Waals surface area contributed by atoms with Crippen LogP contribution in [0.15, 0.2) is 83.3 Å². The quantitative estimate of drug-likeness (QED) is 0.339. The van der Waals surface area contributed by atoms with Crippen LogP contribution >= 0.6 is 15.9 Å². The number of carbonyl (C=O) groups excluding carboxylic acids is 4. The van der Waals surface area contributed by atoms with E-state index >= 15 is 0 Å². The number of hydrogen-bond acceptors (Lipinski definition) is 5. The average molecular weight is 535 g/mol. The minimum absolute atomic E-state index is 0.0511. The molecule has 35 heavy (non-hydrogen) atoms. The fraction of sp³-hybridized carbons (Fsp3) is 0.185. The Kier molecular flexibility index (Phi) is 7.72. The number of halogens is 1. The van der Waals surface area contributed by atoms with Gasteiger partial charge >= 0.3 is 5.97 Å². The van der Waals surface area contributed by atoms with Crippen LogP contribution in [0.1, 0.15) is 32.7 Å². The van der Waals surface area contributed by atoms with E-state index in [0.29, 0.717) is 24.3 Å². The third-order valence-electron chi connectivity index (χ3n) is 5.69. The van der Waals surface area contributed by atoms with Gasteiger partial charge in [-0.05, 0) is 42.0 Å². The molecule has 0 radical (unpaired) electrons. The lowest BCUT2D eigenvalue weighted by Crippen LogP contribution is -2.28. The van der Waals surface area contributed by atoms with Crippen molar-refractivity contribution in [1.29, 1.82) is 0 Å². The molecular weight excluding hydrogens is 512 g/mol. The molecule has 0 spiro atoms. The van der Waals surface area contributed by atoms with Crippen molar-refractivity contribution < 1.29 is 23.9 Å². The number of amides is 2. The molecule has 3 aromatic carbocycles. The van der Waals surface area contributed by atoms with Crippen LogP contribution in [-0.2, 0) is 20.9 Å². The molecule has 1 saturated heterocycles. The molecule has 1 heterocycles. The smallest absolute Gasteiger partial charge is 0.338 e. The minimum atomic E-state index is -0.633. The summed E-state index contributed by atoms with van der Waals surface area (Å²) in [4.78, 5) is 51.2. The fourth-order valence-corrected chi connectivity index (χ4v) is 4.04. The minimum Gasteiger partial charge on any atom is -0.454 e. The van der Waals surface area contributed by atoms with Gasteiger partial charge in [-0.2, -0.15) is 0 Å². The number of ketones is 1. The van der Waals surface area contributed by atoms with Gasteiger partial charge in [0.2, 0.25) is 11.8 Å². The standard InChI is InChI=1S/C27H23BrN2O5/c28-22-10-6-19(7-11-22)24(31)17-35-27(34)20-8-12-23(13-9-20)29-26(33)21-14-25(32)30(16-21)15-18-4-2-1-3-5-18/h1-13,21H,14-17H2,(H,29,33)/t21-/m1/s1. The second-order valence-electron chi connectivity index (χ2n) is 8.23. The van der Waals surface area contributed by atoms with Gasteiger partial charge < -0.3 is 15.0 Å². The van der Waals surface area contributed by atoms with Crippen molar-refractivity contribution in [2.24, 2.45) is 5.92 Å². The Morgan fingerprint density at radius 2 is 1.57 bits per heavy atom. The Labute approximate surface area is 211 Å². The van der Waals surface area contributed by atoms with Crippen molar-refractivity contribution in [3.63, 3.8) is 0 Å². The third-order valence-corrected chi connectivity index (χ3v) is 6.22. The van der Waals surface area contributed by atoms with Gasteiger partial charge in [0.15, 0.2) is 12.4 Å². The van der Waals surface area contributed by atoms with Crippen LogP contribution < -0.4 is 5.32 Å². The summed E-state index contributed by atoms with van der Waals surface area (Å²) in [5.74, 6) is -1.68. The van der Waals surface area contributed by atoms with Gasteiger partial charge in [0.25, 0.3) is 0 Å². The zero-order chi connectivity index (χ0) is 24.8. The number of nitrogens with one attached hydrogen (secondary N) is 1. The van der Waals surface area contributed by atoms with E-state index < -0.39 is 11.9 Å². The second-order valence-corrected chi connectivity index (χ2v) is 9.15. The van der Waals surface area contributed by atoms with Crippen molar-refractivity contribution in [3.8, 4) is 0 Å². The van der Waals surface area contributed by atoms with Gasteiger partial charge in [-0.15, -0.1) is 0 Å². The van der Waals surface area contributed by atoms with E-state index in [1.807, 2.05) is 30.3 Å². The molecule has 1 atom stereocenters. The fourth-order valence-electron chi connectivity index (χ4n) is 3.77. The summed E-state index contributed by atoms with van der Waals surface area (Å²) in [6.07, 6.45) is 0.162. The lowest BCUT2D eigenvalue weighted by atomic mass is 10.1. The van der Waals surface area contributed by atoms with Gasteiger partial charge in [0.1, 0.15) is 0 Å². The lowest BCUT2D eigenvalue weighted by Gasteiger charge is -2.16. The van der Waals surface area contributed by atoms with Crippen LogP contribution in [0.25, 0.3) is 0 Å². The monoisotopic (exact) mass is 534 g/mol. The van der Waals surface area contributed by atoms with Crippen LogP contribution in [0.4, 0.5) is 5.69 Å². The molecule has 8 heteroatoms. The molecule has 1 aliphatic heterocycles. The maximum Gasteiger partial charge on any atom is 0.338 e. The average Bonchev–Trinajstić information content (AvgIpc) is 3.24. The summed E-state index contributed by atoms with van der Waals surface area (Å²) in [5.41, 5.74) is 2.23. The molecule has 0 saturated carbocycles. The molecule has 0 bridgehead atoms. The molecule has 3 aromatic rings. The summed E-state index contributed by atoms with van der Waals surface area (Å²) in [7, 11) is 0. The van der Waals surface area contributed by atoms with Crippen LogP contribution in [0.5, 0.6) is 0 Å². The normalized spacial score (nSPS) is 15.1. The molecule has 1 N–H and O–H groups in total. The van der Waals surface area contributed by atoms with E-state index in [4.69, 9.17) is 4.74 Å². The van der Waals surface area contributed by atoms with E-state index in [1.54, 1.807) is 41.3 Å². The molecule has 178 valence electrons. The molecule has 4 rings (SSSR count). The van der Waals surface area contributed by atoms with Crippen LogP contribution in [0.2, 0.25) is 0 Å². The van der Waals surface area contributed by atoms with Gasteiger partial charge in [-0.1, -0.05) is 58.4 Å². The molecule has 0 aliphatic carbocycles. The zero-order valence-corrected chi connectivity index (χ0v) is 20.4. The number of anilines is 1. The molecule has 1 aliphatic rings. The third kappa shape index (κ3) is 6.42. The SMILES string of the molecule is O=C(COC(=O)c1ccc(NC(=O)[C@@H]2CC(=O)N(Cc3ccccc3)C2)cc1)c1ccc(Br)cc1. The van der Waals surface area contributed by atoms with E-state index in [-0.39, 0.29) is 36.2 Å². The first-order valence-electron chi connectivity index (χ1n) is 11.1. The number of rotatable bonds is 8. The first-order valence-corrected chi connectivity index (χ1v) is 11.9. The van der Waals surface area contributed by atoms with Gasteiger partial charge in [0, 0.05) is 35.2 Å². The van der Waals surface area contributed by atoms with Gasteiger partial charge in [-0.3, -0.25) is 14.4 Å². The maximum absolute atomic E-state index is 12.7. The van der Waals surface area contributed by atoms with E-state index in [1.165, 1.54) is 12.1 Å². The number of nitrogens with zero attached hydrogens (tertiary/aromatic N) is 1. The summed E-state index contributed by atoms with van der Waals surface area (Å²) in [6, 6.07) is 22.6. The highest BCUT2D eigenvalue weighted by Crippen LogP contribution is 2.22. The highest BCUT2D eigenvalue weighted by atomic mass is 79.9. The number of esters is 1. The molecular formula is C27H23BrN2O5. The molecule has 2 amide bonds. The largest absolute Gasteiger partial charge is 0.454 e. The number of ether oxygens (including phenoxy) is 1. The number of carbonyl (C=O) groups is 4. The Bertz CT molecular complexity index is 1230. The number of hydrogen-bond donors (Lipinski definition) is 1. The summed E-state index contributed by atoms with van der Waals surface area (Å²) in [5, 5.41) is 2.80. The Balaban J connectivity index is 1.27. The highest BCUT2D eigenvalue weighted by Gasteiger charge is 2.34. The van der Waals surface area contributed by atoms with Crippen molar-refractivity contribution in [1.82, 2.24) is 4.90 Å². The van der Waals surface area contributed by atoms with Crippen molar-refractivity contribution in [3.05, 3.63) is 100 Å². The Morgan fingerprint density at radius 3 is 2.26 bits per heavy atom. The topological polar surface area (TPSA) is 92.8 Å². The molecule has 0 aromatic heterocycles. The zero-order valence-electron chi connectivity index (χ0n) is 18.8. The highest BCUT2D eigenvalue weighted by molar-refractivity contribution is 9.10. The maximum atomic E-state index is 12.7. The van der Waals surface area contributed by atoms with Crippen LogP contribution in [-0.4, -0.2) is 41.6 Å². The van der Waals surface area contributed by atoms with E-state index in [2.05, 4.69) is 21.2 Å². The molecule has 0 unspecified atom stereocenters. The predicted octanol–water partition coefficient (Wildman–Crippen LogP) is 4.48. The van der Waals surface area contributed by atoms with Crippen LogP contribution in [0.3, 0.4) is 0 Å². The molecule has 1 fully saturated rings. The Morgan fingerprint density at radius 1 is 0.914 bits per heavy atom. The molecule has 7 nitrogen and oxygen atoms in total. The van der Waals surface area contributed by atoms with Crippen molar-refractivity contribution in [2.75, 3.05) is 18.5 Å². The van der Waals surface area contributed by atoms with E-state index in [0.717, 1.165) is 10.0 Å². The first-order chi connectivity index (χ1) is 16.9. The van der Waals surface area contributed by atoms with Crippen molar-refractivity contribution in [2.45, 2.75) is 13.0 Å².